The van der Waals surface area contributed by atoms with Crippen molar-refractivity contribution in [2.75, 3.05) is 5.32 Å². The van der Waals surface area contributed by atoms with Crippen LogP contribution >= 0.6 is 0 Å². The van der Waals surface area contributed by atoms with Crippen molar-refractivity contribution in [3.63, 3.8) is 0 Å². The molecule has 0 atom stereocenters. The van der Waals surface area contributed by atoms with Gasteiger partial charge in [0.1, 0.15) is 5.82 Å². The third-order valence-electron chi connectivity index (χ3n) is 2.64. The van der Waals surface area contributed by atoms with Crippen LogP contribution in [0.15, 0.2) is 30.5 Å². The summed E-state index contributed by atoms with van der Waals surface area (Å²) in [5.41, 5.74) is 2.88. The molecule has 0 bridgehead atoms. The van der Waals surface area contributed by atoms with Gasteiger partial charge >= 0.3 is 0 Å². The number of nitrogens with one attached hydrogen (secondary N) is 1. The van der Waals surface area contributed by atoms with Crippen LogP contribution in [0.4, 0.5) is 10.1 Å². The second kappa shape index (κ2) is 4.99. The third kappa shape index (κ3) is 2.84. The Bertz CT molecular complexity index is 505. The maximum absolute atomic E-state index is 13.0. The number of hydrogen-bond acceptors (Lipinski definition) is 2. The van der Waals surface area contributed by atoms with E-state index in [-0.39, 0.29) is 5.82 Å². The first-order valence-corrected chi connectivity index (χ1v) is 5.71. The molecule has 0 spiro atoms. The topological polar surface area (TPSA) is 29.9 Å². The van der Waals surface area contributed by atoms with Crippen LogP contribution < -0.4 is 5.32 Å². The molecule has 2 aromatic rings. The molecule has 0 fully saturated rings. The standard InChI is InChI=1S/C13H16FN3/c1-3-17-9-13(10(2)16-17)15-8-11-5-4-6-12(14)7-11/h4-7,9,15H,3,8H2,1-2H3. The molecule has 0 aliphatic heterocycles. The lowest BCUT2D eigenvalue weighted by Gasteiger charge is -2.04. The first-order chi connectivity index (χ1) is 8.19. The number of hydrogen-bond donors (Lipinski definition) is 1. The number of halogens is 1. The largest absolute Gasteiger partial charge is 0.378 e. The van der Waals surface area contributed by atoms with Crippen molar-refractivity contribution in [2.45, 2.75) is 26.9 Å². The Kier molecular flexibility index (Phi) is 3.42. The van der Waals surface area contributed by atoms with Crippen LogP contribution in [0.2, 0.25) is 0 Å². The Morgan fingerprint density at radius 1 is 1.41 bits per heavy atom. The van der Waals surface area contributed by atoms with Gasteiger partial charge in [0.15, 0.2) is 0 Å². The summed E-state index contributed by atoms with van der Waals surface area (Å²) in [7, 11) is 0. The summed E-state index contributed by atoms with van der Waals surface area (Å²) >= 11 is 0. The molecule has 1 heterocycles. The maximum Gasteiger partial charge on any atom is 0.123 e. The van der Waals surface area contributed by atoms with Crippen LogP contribution in [0.5, 0.6) is 0 Å². The monoisotopic (exact) mass is 233 g/mol. The number of aryl methyl sites for hydroxylation is 2. The highest BCUT2D eigenvalue weighted by atomic mass is 19.1. The molecule has 90 valence electrons. The molecule has 0 aliphatic rings. The number of nitrogens with zero attached hydrogens (tertiary/aromatic N) is 2. The van der Waals surface area contributed by atoms with Gasteiger partial charge in [0, 0.05) is 19.3 Å². The molecule has 1 N–H and O–H groups in total. The quantitative estimate of drug-likeness (QED) is 0.879. The molecule has 4 heteroatoms. The van der Waals surface area contributed by atoms with Crippen molar-refractivity contribution < 1.29 is 4.39 Å². The molecule has 0 aliphatic carbocycles. The van der Waals surface area contributed by atoms with E-state index in [9.17, 15) is 4.39 Å². The summed E-state index contributed by atoms with van der Waals surface area (Å²) in [6.07, 6.45) is 1.97. The Labute approximate surface area is 100 Å². The van der Waals surface area contributed by atoms with Gasteiger partial charge in [-0.25, -0.2) is 4.39 Å². The molecule has 0 saturated carbocycles. The molecule has 0 radical (unpaired) electrons. The lowest BCUT2D eigenvalue weighted by Crippen LogP contribution is -1.99. The Morgan fingerprint density at radius 3 is 2.88 bits per heavy atom. The van der Waals surface area contributed by atoms with Crippen molar-refractivity contribution >= 4 is 5.69 Å². The minimum absolute atomic E-state index is 0.203. The zero-order valence-corrected chi connectivity index (χ0v) is 10.1. The minimum Gasteiger partial charge on any atom is -0.378 e. The summed E-state index contributed by atoms with van der Waals surface area (Å²) in [5, 5.41) is 7.60. The van der Waals surface area contributed by atoms with E-state index in [0.29, 0.717) is 6.54 Å². The predicted molar refractivity (Wildman–Crippen MR) is 66.4 cm³/mol. The van der Waals surface area contributed by atoms with E-state index < -0.39 is 0 Å². The number of aromatic nitrogens is 2. The van der Waals surface area contributed by atoms with Crippen molar-refractivity contribution in [3.8, 4) is 0 Å². The fraction of sp³-hybridized carbons (Fsp3) is 0.308. The number of benzene rings is 1. The highest BCUT2D eigenvalue weighted by Gasteiger charge is 2.03. The summed E-state index contributed by atoms with van der Waals surface area (Å²) < 4.78 is 14.9. The highest BCUT2D eigenvalue weighted by molar-refractivity contribution is 5.46. The van der Waals surface area contributed by atoms with Gasteiger partial charge in [0.25, 0.3) is 0 Å². The Hall–Kier alpha value is -1.84. The van der Waals surface area contributed by atoms with Crippen LogP contribution in [-0.4, -0.2) is 9.78 Å². The SMILES string of the molecule is CCn1cc(NCc2cccc(F)c2)c(C)n1. The first-order valence-electron chi connectivity index (χ1n) is 5.71. The van der Waals surface area contributed by atoms with E-state index in [1.54, 1.807) is 6.07 Å². The molecule has 17 heavy (non-hydrogen) atoms. The van der Waals surface area contributed by atoms with Crippen molar-refractivity contribution in [2.24, 2.45) is 0 Å². The minimum atomic E-state index is -0.203. The number of anilines is 1. The fourth-order valence-electron chi connectivity index (χ4n) is 1.70. The van der Waals surface area contributed by atoms with E-state index in [1.807, 2.05) is 30.8 Å². The normalized spacial score (nSPS) is 10.5. The molecule has 1 aromatic heterocycles. The van der Waals surface area contributed by atoms with Gasteiger partial charge in [-0.05, 0) is 31.5 Å². The van der Waals surface area contributed by atoms with Gasteiger partial charge < -0.3 is 5.32 Å². The van der Waals surface area contributed by atoms with Crippen molar-refractivity contribution in [1.29, 1.82) is 0 Å². The zero-order valence-electron chi connectivity index (χ0n) is 10.1. The molecule has 0 saturated heterocycles. The Balaban J connectivity index is 2.04. The fourth-order valence-corrected chi connectivity index (χ4v) is 1.70. The molecule has 0 unspecified atom stereocenters. The average molecular weight is 233 g/mol. The first kappa shape index (κ1) is 11.6. The van der Waals surface area contributed by atoms with E-state index in [4.69, 9.17) is 0 Å². The smallest absolute Gasteiger partial charge is 0.123 e. The summed E-state index contributed by atoms with van der Waals surface area (Å²) in [6.45, 7) is 5.46. The van der Waals surface area contributed by atoms with E-state index >= 15 is 0 Å². The Morgan fingerprint density at radius 2 is 2.24 bits per heavy atom. The van der Waals surface area contributed by atoms with Gasteiger partial charge in [-0.3, -0.25) is 4.68 Å². The van der Waals surface area contributed by atoms with E-state index in [0.717, 1.165) is 23.5 Å². The van der Waals surface area contributed by atoms with E-state index in [2.05, 4.69) is 10.4 Å². The lowest BCUT2D eigenvalue weighted by molar-refractivity contribution is 0.626. The predicted octanol–water partition coefficient (Wildman–Crippen LogP) is 2.96. The summed E-state index contributed by atoms with van der Waals surface area (Å²) in [4.78, 5) is 0. The highest BCUT2D eigenvalue weighted by Crippen LogP contribution is 2.14. The molecule has 0 amide bonds. The third-order valence-corrected chi connectivity index (χ3v) is 2.64. The zero-order chi connectivity index (χ0) is 12.3. The maximum atomic E-state index is 13.0. The molecule has 2 rings (SSSR count). The van der Waals surface area contributed by atoms with Crippen LogP contribution in [0, 0.1) is 12.7 Å². The summed E-state index contributed by atoms with van der Waals surface area (Å²) in [6, 6.07) is 6.60. The molecule has 3 nitrogen and oxygen atoms in total. The molecule has 1 aromatic carbocycles. The van der Waals surface area contributed by atoms with Crippen LogP contribution in [0.1, 0.15) is 18.2 Å². The molecular weight excluding hydrogens is 217 g/mol. The van der Waals surface area contributed by atoms with Gasteiger partial charge in [-0.1, -0.05) is 12.1 Å². The summed E-state index contributed by atoms with van der Waals surface area (Å²) in [5.74, 6) is -0.203. The van der Waals surface area contributed by atoms with Crippen molar-refractivity contribution in [1.82, 2.24) is 9.78 Å². The number of rotatable bonds is 4. The van der Waals surface area contributed by atoms with Gasteiger partial charge in [0.05, 0.1) is 11.4 Å². The van der Waals surface area contributed by atoms with Gasteiger partial charge in [0.2, 0.25) is 0 Å². The van der Waals surface area contributed by atoms with Crippen LogP contribution in [-0.2, 0) is 13.1 Å². The van der Waals surface area contributed by atoms with Crippen LogP contribution in [0.3, 0.4) is 0 Å². The second-order valence-corrected chi connectivity index (χ2v) is 3.97. The lowest BCUT2D eigenvalue weighted by atomic mass is 10.2. The second-order valence-electron chi connectivity index (χ2n) is 3.97. The van der Waals surface area contributed by atoms with Crippen molar-refractivity contribution in [3.05, 3.63) is 47.5 Å². The van der Waals surface area contributed by atoms with E-state index in [1.165, 1.54) is 12.1 Å². The molecular formula is C13H16FN3. The van der Waals surface area contributed by atoms with Crippen LogP contribution in [0.25, 0.3) is 0 Å². The van der Waals surface area contributed by atoms with Gasteiger partial charge in [-0.15, -0.1) is 0 Å². The average Bonchev–Trinajstić information content (AvgIpc) is 2.68. The van der Waals surface area contributed by atoms with Gasteiger partial charge in [-0.2, -0.15) is 5.10 Å².